The third kappa shape index (κ3) is 7.26. The van der Waals surface area contributed by atoms with Crippen LogP contribution in [0.1, 0.15) is 54.9 Å². The molecular formula is C44H51BO8Si. The number of carbonyl (C=O) groups is 1. The Hall–Kier alpha value is -4.29. The number of furan rings is 1. The van der Waals surface area contributed by atoms with Gasteiger partial charge in [0.05, 0.1) is 18.3 Å². The van der Waals surface area contributed by atoms with Crippen molar-refractivity contribution in [2.24, 2.45) is 5.41 Å². The van der Waals surface area contributed by atoms with Crippen molar-refractivity contribution in [2.45, 2.75) is 69.9 Å². The Morgan fingerprint density at radius 2 is 1.07 bits per heavy atom. The maximum absolute atomic E-state index is 13.6. The van der Waals surface area contributed by atoms with Crippen LogP contribution >= 0.6 is 0 Å². The Labute approximate surface area is 321 Å². The maximum Gasteiger partial charge on any atom is 0.498 e. The lowest BCUT2D eigenvalue weighted by Gasteiger charge is -2.46. The van der Waals surface area contributed by atoms with Gasteiger partial charge in [-0.2, -0.15) is 0 Å². The number of rotatable bonds is 15. The van der Waals surface area contributed by atoms with Crippen LogP contribution in [-0.2, 0) is 43.9 Å². The van der Waals surface area contributed by atoms with Crippen LogP contribution in [0.15, 0.2) is 138 Å². The van der Waals surface area contributed by atoms with Crippen molar-refractivity contribution in [2.75, 3.05) is 20.8 Å². The second kappa shape index (κ2) is 16.2. The first-order valence-electron chi connectivity index (χ1n) is 18.5. The molecule has 10 heteroatoms. The van der Waals surface area contributed by atoms with Gasteiger partial charge in [0.25, 0.3) is 0 Å². The summed E-state index contributed by atoms with van der Waals surface area (Å²) < 4.78 is 46.9. The van der Waals surface area contributed by atoms with Crippen LogP contribution in [0.3, 0.4) is 0 Å². The minimum Gasteiger partial charge on any atom is -0.467 e. The molecule has 0 radical (unpaired) electrons. The van der Waals surface area contributed by atoms with Crippen molar-refractivity contribution in [3.63, 3.8) is 0 Å². The first-order chi connectivity index (χ1) is 25.9. The summed E-state index contributed by atoms with van der Waals surface area (Å²) in [5.41, 5.74) is 0.587. The monoisotopic (exact) mass is 746 g/mol. The van der Waals surface area contributed by atoms with E-state index in [1.165, 1.54) is 0 Å². The van der Waals surface area contributed by atoms with Crippen molar-refractivity contribution in [3.05, 3.63) is 162 Å². The largest absolute Gasteiger partial charge is 0.498 e. The van der Waals surface area contributed by atoms with Gasteiger partial charge in [-0.05, 0) is 68.7 Å². The lowest BCUT2D eigenvalue weighted by atomic mass is 9.71. The highest BCUT2D eigenvalue weighted by Crippen LogP contribution is 2.51. The minimum absolute atomic E-state index is 0.237. The summed E-state index contributed by atoms with van der Waals surface area (Å²) in [7, 11) is 0.131. The summed E-state index contributed by atoms with van der Waals surface area (Å²) in [5.74, 6) is 0.0440. The van der Waals surface area contributed by atoms with E-state index in [0.29, 0.717) is 11.2 Å². The van der Waals surface area contributed by atoms with E-state index in [4.69, 9.17) is 32.4 Å². The Balaban J connectivity index is 1.62. The predicted octanol–water partition coefficient (Wildman–Crippen LogP) is 8.42. The Morgan fingerprint density at radius 3 is 1.41 bits per heavy atom. The van der Waals surface area contributed by atoms with E-state index in [0.717, 1.165) is 22.3 Å². The number of carbonyl (C=O) groups excluding carboxylic acids is 1. The van der Waals surface area contributed by atoms with Crippen LogP contribution in [0.5, 0.6) is 0 Å². The molecule has 8 nitrogen and oxygen atoms in total. The van der Waals surface area contributed by atoms with Gasteiger partial charge in [0.15, 0.2) is 8.32 Å². The molecule has 3 atom stereocenters. The molecule has 1 saturated heterocycles. The molecule has 5 aromatic rings. The molecule has 1 aromatic heterocycles. The van der Waals surface area contributed by atoms with E-state index >= 15 is 0 Å². The summed E-state index contributed by atoms with van der Waals surface area (Å²) in [6.07, 6.45) is -0.856. The maximum atomic E-state index is 13.6. The molecule has 4 aromatic carbocycles. The average Bonchev–Trinajstić information content (AvgIpc) is 3.85. The van der Waals surface area contributed by atoms with E-state index in [-0.39, 0.29) is 6.61 Å². The highest BCUT2D eigenvalue weighted by Gasteiger charge is 2.63. The van der Waals surface area contributed by atoms with Crippen molar-refractivity contribution >= 4 is 26.9 Å². The van der Waals surface area contributed by atoms with Gasteiger partial charge in [0, 0.05) is 19.7 Å². The summed E-state index contributed by atoms with van der Waals surface area (Å²) in [6, 6.07) is 42.1. The van der Waals surface area contributed by atoms with Gasteiger partial charge in [-0.15, -0.1) is 0 Å². The number of ether oxygens (including phenoxy) is 3. The van der Waals surface area contributed by atoms with E-state index in [9.17, 15) is 4.79 Å². The summed E-state index contributed by atoms with van der Waals surface area (Å²) in [6.45, 7) is 11.9. The first kappa shape index (κ1) is 39.4. The smallest absolute Gasteiger partial charge is 0.467 e. The average molecular weight is 747 g/mol. The fourth-order valence-corrected chi connectivity index (χ4v) is 8.80. The summed E-state index contributed by atoms with van der Waals surface area (Å²) >= 11 is 0. The molecule has 0 spiro atoms. The van der Waals surface area contributed by atoms with Crippen molar-refractivity contribution in [1.82, 2.24) is 0 Å². The molecular weight excluding hydrogens is 695 g/mol. The SMILES string of the molecule is CCOC(=O)C(C)(C)[C@@H](O[Si](C)(C)C)c1occc1B1O[C@@H](C(OC)(c2ccccc2)c2ccccc2)[C@H](C(OC)(c2ccccc2)c2ccccc2)O1. The lowest BCUT2D eigenvalue weighted by Crippen LogP contribution is -2.56. The van der Waals surface area contributed by atoms with Gasteiger partial charge in [-0.3, -0.25) is 4.79 Å². The molecule has 1 fully saturated rings. The predicted molar refractivity (Wildman–Crippen MR) is 213 cm³/mol. The minimum atomic E-state index is -2.28. The molecule has 2 heterocycles. The summed E-state index contributed by atoms with van der Waals surface area (Å²) in [4.78, 5) is 13.6. The molecule has 0 aliphatic carbocycles. The summed E-state index contributed by atoms with van der Waals surface area (Å²) in [5, 5.41) is 0. The lowest BCUT2D eigenvalue weighted by molar-refractivity contribution is -0.160. The normalized spacial score (nSPS) is 17.4. The van der Waals surface area contributed by atoms with E-state index < -0.39 is 56.3 Å². The van der Waals surface area contributed by atoms with Gasteiger partial charge in [0.2, 0.25) is 0 Å². The molecule has 0 N–H and O–H groups in total. The van der Waals surface area contributed by atoms with Gasteiger partial charge < -0.3 is 32.4 Å². The second-order valence-corrected chi connectivity index (χ2v) is 19.5. The number of hydrogen-bond acceptors (Lipinski definition) is 8. The van der Waals surface area contributed by atoms with Gasteiger partial charge in [-0.25, -0.2) is 0 Å². The van der Waals surface area contributed by atoms with Crippen molar-refractivity contribution < 1.29 is 37.2 Å². The molecule has 6 rings (SSSR count). The standard InChI is InChI=1S/C44H51BO8Si/c1-9-49-41(46)42(2,3)38(53-54(6,7)8)37-36(30-31-50-37)45-51-39(43(47-4,32-22-14-10-15-23-32)33-24-16-11-17-25-33)40(52-45)44(48-5,34-26-18-12-19-27-34)35-28-20-13-21-29-35/h10-31,38-40H,9H2,1-8H3/t38-,39+,40+/m0/s1. The van der Waals surface area contributed by atoms with Crippen molar-refractivity contribution in [3.8, 4) is 0 Å². The van der Waals surface area contributed by atoms with Gasteiger partial charge in [-0.1, -0.05) is 121 Å². The highest BCUT2D eigenvalue weighted by molar-refractivity contribution is 6.69. The van der Waals surface area contributed by atoms with Crippen LogP contribution in [0.2, 0.25) is 19.6 Å². The zero-order valence-electron chi connectivity index (χ0n) is 32.5. The van der Waals surface area contributed by atoms with Gasteiger partial charge in [0.1, 0.15) is 35.3 Å². The van der Waals surface area contributed by atoms with Gasteiger partial charge >= 0.3 is 13.1 Å². The first-order valence-corrected chi connectivity index (χ1v) is 21.9. The van der Waals surface area contributed by atoms with E-state index in [2.05, 4.69) is 19.6 Å². The van der Waals surface area contributed by atoms with Crippen LogP contribution in [0.25, 0.3) is 0 Å². The molecule has 0 bridgehead atoms. The molecule has 1 aliphatic heterocycles. The van der Waals surface area contributed by atoms with Crippen LogP contribution < -0.4 is 5.46 Å². The topological polar surface area (TPSA) is 85.6 Å². The molecule has 282 valence electrons. The number of benzene rings is 4. The molecule has 54 heavy (non-hydrogen) atoms. The quantitative estimate of drug-likeness (QED) is 0.0780. The van der Waals surface area contributed by atoms with Crippen LogP contribution in [-0.4, -0.2) is 54.4 Å². The molecule has 0 unspecified atom stereocenters. The highest BCUT2D eigenvalue weighted by atomic mass is 28.4. The zero-order valence-corrected chi connectivity index (χ0v) is 33.5. The van der Waals surface area contributed by atoms with E-state index in [1.807, 2.05) is 141 Å². The molecule has 1 aliphatic rings. The van der Waals surface area contributed by atoms with Crippen LogP contribution in [0.4, 0.5) is 0 Å². The Kier molecular flexibility index (Phi) is 11.8. The molecule has 0 amide bonds. The fraction of sp³-hybridized carbons (Fsp3) is 0.341. The number of methoxy groups -OCH3 is 2. The Morgan fingerprint density at radius 1 is 0.685 bits per heavy atom. The fourth-order valence-electron chi connectivity index (χ4n) is 7.69. The molecule has 0 saturated carbocycles. The third-order valence-electron chi connectivity index (χ3n) is 10.2. The zero-order chi connectivity index (χ0) is 38.6. The van der Waals surface area contributed by atoms with Crippen LogP contribution in [0, 0.1) is 5.41 Å². The van der Waals surface area contributed by atoms with E-state index in [1.54, 1.807) is 27.4 Å². The number of esters is 1. The second-order valence-electron chi connectivity index (χ2n) is 15.1. The third-order valence-corrected chi connectivity index (χ3v) is 11.2. The number of hydrogen-bond donors (Lipinski definition) is 0. The van der Waals surface area contributed by atoms with Crippen molar-refractivity contribution in [1.29, 1.82) is 0 Å². The Bertz CT molecular complexity index is 1770.